The van der Waals surface area contributed by atoms with Crippen LogP contribution in [0.15, 0.2) is 47.5 Å². The van der Waals surface area contributed by atoms with Crippen molar-refractivity contribution in [2.75, 3.05) is 19.0 Å². The Bertz CT molecular complexity index is 757. The molecule has 1 fully saturated rings. The molecular formula is C18H19ClFN3O. The van der Waals surface area contributed by atoms with E-state index in [-0.39, 0.29) is 11.2 Å². The topological polar surface area (TPSA) is 59.6 Å². The van der Waals surface area contributed by atoms with Crippen LogP contribution in [0.2, 0.25) is 5.02 Å². The molecular weight excluding hydrogens is 329 g/mol. The number of anilines is 1. The zero-order chi connectivity index (χ0) is 17.2. The third-order valence-electron chi connectivity index (χ3n) is 4.27. The Morgan fingerprint density at radius 1 is 1.29 bits per heavy atom. The second-order valence-electron chi connectivity index (χ2n) is 5.96. The summed E-state index contributed by atoms with van der Waals surface area (Å²) in [6, 6.07) is 11.9. The van der Waals surface area contributed by atoms with Gasteiger partial charge in [-0.2, -0.15) is 0 Å². The van der Waals surface area contributed by atoms with E-state index in [0.717, 1.165) is 29.8 Å². The first-order chi connectivity index (χ1) is 11.5. The molecule has 0 unspecified atom stereocenters. The number of methoxy groups -OCH3 is 1. The Labute approximate surface area is 145 Å². The van der Waals surface area contributed by atoms with Crippen molar-refractivity contribution in [3.63, 3.8) is 0 Å². The van der Waals surface area contributed by atoms with Crippen LogP contribution < -0.4 is 15.8 Å². The van der Waals surface area contributed by atoms with Crippen LogP contribution in [0.3, 0.4) is 0 Å². The Morgan fingerprint density at radius 3 is 2.58 bits per heavy atom. The molecule has 2 aromatic rings. The molecule has 0 heterocycles. The average Bonchev–Trinajstić information content (AvgIpc) is 3.34. The molecule has 0 atom stereocenters. The van der Waals surface area contributed by atoms with Crippen LogP contribution in [0.25, 0.3) is 0 Å². The number of benzene rings is 2. The predicted molar refractivity (Wildman–Crippen MR) is 95.4 cm³/mol. The monoisotopic (exact) mass is 347 g/mol. The van der Waals surface area contributed by atoms with Gasteiger partial charge >= 0.3 is 0 Å². The van der Waals surface area contributed by atoms with Crippen LogP contribution in [-0.4, -0.2) is 19.6 Å². The second kappa shape index (κ2) is 6.69. The van der Waals surface area contributed by atoms with Crippen LogP contribution in [-0.2, 0) is 5.41 Å². The first-order valence-corrected chi connectivity index (χ1v) is 8.07. The maximum Gasteiger partial charge on any atom is 0.193 e. The number of ether oxygens (including phenoxy) is 1. The molecule has 3 rings (SSSR count). The maximum atomic E-state index is 13.2. The van der Waals surface area contributed by atoms with Crippen molar-refractivity contribution < 1.29 is 9.13 Å². The number of rotatable bonds is 5. The summed E-state index contributed by atoms with van der Waals surface area (Å²) in [5.41, 5.74) is 7.61. The van der Waals surface area contributed by atoms with Gasteiger partial charge in [-0.3, -0.25) is 4.99 Å². The first kappa shape index (κ1) is 16.6. The quantitative estimate of drug-likeness (QED) is 0.636. The summed E-state index contributed by atoms with van der Waals surface area (Å²) in [4.78, 5) is 4.44. The minimum Gasteiger partial charge on any atom is -0.497 e. The molecule has 1 aliphatic carbocycles. The molecule has 4 nitrogen and oxygen atoms in total. The number of aliphatic imine (C=N–C) groups is 1. The number of hydrogen-bond acceptors (Lipinski definition) is 2. The summed E-state index contributed by atoms with van der Waals surface area (Å²) in [7, 11) is 1.62. The summed E-state index contributed by atoms with van der Waals surface area (Å²) in [6.45, 7) is 0.521. The lowest BCUT2D eigenvalue weighted by molar-refractivity contribution is 0.415. The molecule has 2 aromatic carbocycles. The largest absolute Gasteiger partial charge is 0.497 e. The third-order valence-corrected chi connectivity index (χ3v) is 4.58. The predicted octanol–water partition coefficient (Wildman–Crippen LogP) is 3.95. The van der Waals surface area contributed by atoms with Gasteiger partial charge in [0.2, 0.25) is 0 Å². The number of halogens is 2. The molecule has 0 amide bonds. The third kappa shape index (κ3) is 3.62. The minimum atomic E-state index is -0.330. The molecule has 0 aliphatic heterocycles. The number of nitrogens with zero attached hydrogens (tertiary/aromatic N) is 1. The van der Waals surface area contributed by atoms with Crippen LogP contribution >= 0.6 is 11.6 Å². The van der Waals surface area contributed by atoms with Crippen molar-refractivity contribution in [1.29, 1.82) is 0 Å². The van der Waals surface area contributed by atoms with E-state index in [0.29, 0.717) is 17.5 Å². The fourth-order valence-electron chi connectivity index (χ4n) is 2.68. The molecule has 1 aliphatic rings. The Balaban J connectivity index is 1.67. The highest BCUT2D eigenvalue weighted by Gasteiger charge is 2.45. The minimum absolute atomic E-state index is 0.128. The lowest BCUT2D eigenvalue weighted by Gasteiger charge is -2.15. The molecule has 0 radical (unpaired) electrons. The second-order valence-corrected chi connectivity index (χ2v) is 6.37. The van der Waals surface area contributed by atoms with E-state index in [1.165, 1.54) is 12.1 Å². The number of guanidine groups is 1. The standard InChI is InChI=1S/C18H19ClFN3O/c1-24-14-5-3-13(4-6-14)23-17(21)22-11-18(8-9-18)15-7-2-12(20)10-16(15)19/h2-7,10H,8-9,11H2,1H3,(H3,21,22,23). The van der Waals surface area contributed by atoms with Crippen molar-refractivity contribution >= 4 is 23.2 Å². The van der Waals surface area contributed by atoms with Gasteiger partial charge in [-0.1, -0.05) is 17.7 Å². The molecule has 126 valence electrons. The van der Waals surface area contributed by atoms with Gasteiger partial charge in [-0.05, 0) is 54.8 Å². The Morgan fingerprint density at radius 2 is 2.00 bits per heavy atom. The van der Waals surface area contributed by atoms with Crippen molar-refractivity contribution in [2.24, 2.45) is 10.7 Å². The van der Waals surface area contributed by atoms with Gasteiger partial charge in [0.1, 0.15) is 11.6 Å². The van der Waals surface area contributed by atoms with Gasteiger partial charge in [0.15, 0.2) is 5.96 Å². The molecule has 0 bridgehead atoms. The van der Waals surface area contributed by atoms with E-state index < -0.39 is 0 Å². The Hall–Kier alpha value is -2.27. The average molecular weight is 348 g/mol. The lowest BCUT2D eigenvalue weighted by Crippen LogP contribution is -2.25. The van der Waals surface area contributed by atoms with Gasteiger partial charge < -0.3 is 15.8 Å². The lowest BCUT2D eigenvalue weighted by atomic mass is 9.96. The summed E-state index contributed by atoms with van der Waals surface area (Å²) in [6.07, 6.45) is 1.94. The van der Waals surface area contributed by atoms with Crippen molar-refractivity contribution in [1.82, 2.24) is 0 Å². The van der Waals surface area contributed by atoms with Gasteiger partial charge in [0.25, 0.3) is 0 Å². The fourth-order valence-corrected chi connectivity index (χ4v) is 3.05. The molecule has 0 saturated heterocycles. The van der Waals surface area contributed by atoms with E-state index >= 15 is 0 Å². The molecule has 24 heavy (non-hydrogen) atoms. The summed E-state index contributed by atoms with van der Waals surface area (Å²) >= 11 is 6.18. The zero-order valence-electron chi connectivity index (χ0n) is 13.4. The smallest absolute Gasteiger partial charge is 0.193 e. The summed E-state index contributed by atoms with van der Waals surface area (Å²) in [5.74, 6) is 0.785. The molecule has 0 aromatic heterocycles. The van der Waals surface area contributed by atoms with Gasteiger partial charge in [-0.25, -0.2) is 4.39 Å². The molecule has 0 spiro atoms. The van der Waals surface area contributed by atoms with Gasteiger partial charge in [0.05, 0.1) is 13.7 Å². The molecule has 3 N–H and O–H groups in total. The maximum absolute atomic E-state index is 13.2. The highest BCUT2D eigenvalue weighted by molar-refractivity contribution is 6.31. The van der Waals surface area contributed by atoms with E-state index in [1.807, 2.05) is 24.3 Å². The van der Waals surface area contributed by atoms with Crippen LogP contribution in [0.5, 0.6) is 5.75 Å². The number of nitrogens with two attached hydrogens (primary N) is 1. The number of hydrogen-bond donors (Lipinski definition) is 2. The SMILES string of the molecule is COc1ccc(NC(N)=NCC2(c3ccc(F)cc3Cl)CC2)cc1. The summed E-state index contributed by atoms with van der Waals surface area (Å²) in [5, 5.41) is 3.50. The van der Waals surface area contributed by atoms with Crippen molar-refractivity contribution in [3.8, 4) is 5.75 Å². The highest BCUT2D eigenvalue weighted by Crippen LogP contribution is 2.50. The zero-order valence-corrected chi connectivity index (χ0v) is 14.1. The summed E-state index contributed by atoms with van der Waals surface area (Å²) < 4.78 is 18.3. The van der Waals surface area contributed by atoms with Crippen LogP contribution in [0.4, 0.5) is 10.1 Å². The van der Waals surface area contributed by atoms with Gasteiger partial charge in [-0.15, -0.1) is 0 Å². The van der Waals surface area contributed by atoms with Gasteiger partial charge in [0, 0.05) is 16.1 Å². The normalized spacial score (nSPS) is 15.9. The molecule has 1 saturated carbocycles. The van der Waals surface area contributed by atoms with E-state index in [9.17, 15) is 4.39 Å². The highest BCUT2D eigenvalue weighted by atomic mass is 35.5. The molecule has 6 heteroatoms. The van der Waals surface area contributed by atoms with Crippen LogP contribution in [0.1, 0.15) is 18.4 Å². The Kier molecular flexibility index (Phi) is 4.62. The van der Waals surface area contributed by atoms with Crippen molar-refractivity contribution in [2.45, 2.75) is 18.3 Å². The van der Waals surface area contributed by atoms with Crippen molar-refractivity contribution in [3.05, 3.63) is 58.9 Å². The van der Waals surface area contributed by atoms with E-state index in [2.05, 4.69) is 10.3 Å². The van der Waals surface area contributed by atoms with E-state index in [1.54, 1.807) is 13.2 Å². The fraction of sp³-hybridized carbons (Fsp3) is 0.278. The van der Waals surface area contributed by atoms with Crippen LogP contribution in [0, 0.1) is 5.82 Å². The first-order valence-electron chi connectivity index (χ1n) is 7.69. The van der Waals surface area contributed by atoms with E-state index in [4.69, 9.17) is 22.1 Å². The number of nitrogens with one attached hydrogen (secondary N) is 1.